The minimum absolute atomic E-state index is 0.0252. The molecule has 1 aliphatic carbocycles. The van der Waals surface area contributed by atoms with E-state index < -0.39 is 0 Å². The Balaban J connectivity index is 1.40. The highest BCUT2D eigenvalue weighted by Crippen LogP contribution is 2.42. The number of rotatable bonds is 5. The van der Waals surface area contributed by atoms with Crippen molar-refractivity contribution in [3.05, 3.63) is 41.0 Å². The summed E-state index contributed by atoms with van der Waals surface area (Å²) in [6.07, 6.45) is 4.66. The molecule has 2 fully saturated rings. The van der Waals surface area contributed by atoms with Crippen LogP contribution >= 0.6 is 11.6 Å². The first kappa shape index (κ1) is 20.0. The van der Waals surface area contributed by atoms with Gasteiger partial charge in [0.2, 0.25) is 17.6 Å². The van der Waals surface area contributed by atoms with Gasteiger partial charge in [-0.05, 0) is 69.9 Å². The summed E-state index contributed by atoms with van der Waals surface area (Å²) in [6.45, 7) is 5.81. The van der Waals surface area contributed by atoms with Crippen molar-refractivity contribution in [1.29, 1.82) is 0 Å². The fourth-order valence-corrected chi connectivity index (χ4v) is 4.69. The largest absolute Gasteiger partial charge is 0.474 e. The van der Waals surface area contributed by atoms with Gasteiger partial charge in [0.25, 0.3) is 5.89 Å². The Morgan fingerprint density at radius 3 is 2.77 bits per heavy atom. The number of carbonyl (C=O) groups excluding carboxylic acids is 1. The van der Waals surface area contributed by atoms with Crippen molar-refractivity contribution >= 4 is 23.2 Å². The van der Waals surface area contributed by atoms with Crippen molar-refractivity contribution in [2.75, 3.05) is 4.90 Å². The summed E-state index contributed by atoms with van der Waals surface area (Å²) in [4.78, 5) is 23.3. The number of piperidine rings is 1. The molecule has 160 valence electrons. The lowest BCUT2D eigenvalue weighted by atomic mass is 10.0. The van der Waals surface area contributed by atoms with Crippen LogP contribution in [0.25, 0.3) is 22.8 Å². The smallest absolute Gasteiger partial charge is 0.259 e. The molecule has 5 rings (SSSR count). The Labute approximate surface area is 185 Å². The van der Waals surface area contributed by atoms with Gasteiger partial charge in [-0.15, -0.1) is 0 Å². The minimum Gasteiger partial charge on any atom is -0.474 e. The lowest BCUT2D eigenvalue weighted by molar-refractivity contribution is -0.121. The molecule has 3 aromatic rings. The third-order valence-electron chi connectivity index (χ3n) is 5.91. The zero-order valence-electron chi connectivity index (χ0n) is 17.6. The van der Waals surface area contributed by atoms with E-state index in [-0.39, 0.29) is 17.9 Å². The summed E-state index contributed by atoms with van der Waals surface area (Å²) in [5.41, 5.74) is 3.40. The van der Waals surface area contributed by atoms with Crippen LogP contribution in [0.1, 0.15) is 38.7 Å². The molecule has 2 atom stereocenters. The Kier molecular flexibility index (Phi) is 4.93. The normalized spacial score (nSPS) is 20.2. The first-order chi connectivity index (χ1) is 14.9. The van der Waals surface area contributed by atoms with Gasteiger partial charge in [-0.1, -0.05) is 16.8 Å². The molecule has 7 nitrogen and oxygen atoms in total. The second kappa shape index (κ2) is 7.64. The van der Waals surface area contributed by atoms with E-state index in [0.717, 1.165) is 36.1 Å². The van der Waals surface area contributed by atoms with Gasteiger partial charge in [-0.25, -0.2) is 4.98 Å². The molecule has 2 unspecified atom stereocenters. The topological polar surface area (TPSA) is 81.4 Å². The number of carbonyl (C=O) groups is 1. The van der Waals surface area contributed by atoms with E-state index in [1.54, 1.807) is 12.3 Å². The van der Waals surface area contributed by atoms with Crippen LogP contribution in [0.4, 0.5) is 5.69 Å². The highest BCUT2D eigenvalue weighted by molar-refractivity contribution is 6.32. The van der Waals surface area contributed by atoms with Crippen LogP contribution in [0, 0.1) is 12.8 Å². The molecule has 2 bridgehead atoms. The Morgan fingerprint density at radius 1 is 1.26 bits per heavy atom. The van der Waals surface area contributed by atoms with E-state index in [2.05, 4.69) is 15.1 Å². The van der Waals surface area contributed by atoms with E-state index in [1.807, 2.05) is 43.9 Å². The van der Waals surface area contributed by atoms with Gasteiger partial charge in [0, 0.05) is 29.4 Å². The maximum absolute atomic E-state index is 12.6. The molecule has 31 heavy (non-hydrogen) atoms. The number of fused-ring (bicyclic) bond motifs is 2. The Hall–Kier alpha value is -2.93. The van der Waals surface area contributed by atoms with Crippen LogP contribution in [0.15, 0.2) is 35.0 Å². The van der Waals surface area contributed by atoms with Gasteiger partial charge in [-0.2, -0.15) is 4.98 Å². The predicted octanol–water partition coefficient (Wildman–Crippen LogP) is 5.06. The van der Waals surface area contributed by atoms with Crippen LogP contribution in [0.5, 0.6) is 5.88 Å². The van der Waals surface area contributed by atoms with Crippen molar-refractivity contribution in [3.63, 3.8) is 0 Å². The highest BCUT2D eigenvalue weighted by Gasteiger charge is 2.45. The SMILES string of the molecule is Cc1cc(N2C(=O)C3CCC2C3)ccc1-c1noc(-c2cnc(OC(C)C)c(Cl)c2)n1. The molecule has 1 saturated heterocycles. The fraction of sp³-hybridized carbons (Fsp3) is 0.391. The fourth-order valence-electron chi connectivity index (χ4n) is 4.48. The summed E-state index contributed by atoms with van der Waals surface area (Å²) >= 11 is 6.28. The predicted molar refractivity (Wildman–Crippen MR) is 117 cm³/mol. The lowest BCUT2D eigenvalue weighted by Crippen LogP contribution is -2.36. The number of amides is 1. The molecule has 0 spiro atoms. The number of ether oxygens (including phenoxy) is 1. The number of nitrogens with zero attached hydrogens (tertiary/aromatic N) is 4. The van der Waals surface area contributed by atoms with Crippen molar-refractivity contribution in [1.82, 2.24) is 15.1 Å². The third-order valence-corrected chi connectivity index (χ3v) is 6.18. The molecule has 8 heteroatoms. The van der Waals surface area contributed by atoms with Gasteiger partial charge in [0.1, 0.15) is 5.02 Å². The summed E-state index contributed by atoms with van der Waals surface area (Å²) in [5.74, 6) is 1.63. The van der Waals surface area contributed by atoms with E-state index in [9.17, 15) is 4.79 Å². The Morgan fingerprint density at radius 2 is 2.10 bits per heavy atom. The summed E-state index contributed by atoms with van der Waals surface area (Å²) in [5, 5.41) is 4.52. The van der Waals surface area contributed by atoms with Crippen LogP contribution in [-0.4, -0.2) is 33.2 Å². The third kappa shape index (κ3) is 3.57. The molecule has 3 heterocycles. The van der Waals surface area contributed by atoms with E-state index in [4.69, 9.17) is 20.9 Å². The van der Waals surface area contributed by atoms with Crippen molar-refractivity contribution in [3.8, 4) is 28.7 Å². The number of aryl methyl sites for hydroxylation is 1. The second-order valence-corrected chi connectivity index (χ2v) is 8.88. The van der Waals surface area contributed by atoms with Crippen LogP contribution in [0.3, 0.4) is 0 Å². The number of hydrogen-bond donors (Lipinski definition) is 0. The van der Waals surface area contributed by atoms with Crippen LogP contribution in [0.2, 0.25) is 5.02 Å². The Bertz CT molecular complexity index is 1160. The number of hydrogen-bond acceptors (Lipinski definition) is 6. The number of benzene rings is 1. The summed E-state index contributed by atoms with van der Waals surface area (Å²) < 4.78 is 11.0. The quantitative estimate of drug-likeness (QED) is 0.553. The van der Waals surface area contributed by atoms with E-state index in [1.165, 1.54) is 0 Å². The standard InChI is InChI=1S/C23H23ClN4O3/c1-12(2)30-22-19(24)10-15(11-25-22)21-26-20(27-31-21)18-7-6-16(8-13(18)3)28-17-5-4-14(9-17)23(28)29/h6-8,10-12,14,17H,4-5,9H2,1-3H3. The van der Waals surface area contributed by atoms with Crippen molar-refractivity contribution in [2.45, 2.75) is 52.2 Å². The van der Waals surface area contributed by atoms with Crippen molar-refractivity contribution < 1.29 is 14.1 Å². The molecular weight excluding hydrogens is 416 g/mol. The van der Waals surface area contributed by atoms with Gasteiger partial charge in [0.15, 0.2) is 0 Å². The lowest BCUT2D eigenvalue weighted by Gasteiger charge is -2.27. The minimum atomic E-state index is -0.0252. The maximum atomic E-state index is 12.6. The summed E-state index contributed by atoms with van der Waals surface area (Å²) in [7, 11) is 0. The van der Waals surface area contributed by atoms with Gasteiger partial charge in [-0.3, -0.25) is 4.79 Å². The second-order valence-electron chi connectivity index (χ2n) is 8.47. The van der Waals surface area contributed by atoms with E-state index >= 15 is 0 Å². The van der Waals surface area contributed by atoms with Crippen molar-refractivity contribution in [2.24, 2.45) is 5.92 Å². The molecule has 1 aliphatic heterocycles. The maximum Gasteiger partial charge on any atom is 0.259 e. The number of halogens is 1. The van der Waals surface area contributed by atoms with Gasteiger partial charge < -0.3 is 14.2 Å². The van der Waals surface area contributed by atoms with Gasteiger partial charge in [0.05, 0.1) is 11.7 Å². The highest BCUT2D eigenvalue weighted by atomic mass is 35.5. The molecule has 2 aliphatic rings. The molecule has 1 amide bonds. The molecule has 1 saturated carbocycles. The average Bonchev–Trinajstić information content (AvgIpc) is 3.45. The number of anilines is 1. The molecule has 0 N–H and O–H groups in total. The average molecular weight is 439 g/mol. The first-order valence-electron chi connectivity index (χ1n) is 10.5. The van der Waals surface area contributed by atoms with Crippen LogP contribution < -0.4 is 9.64 Å². The first-order valence-corrected chi connectivity index (χ1v) is 10.9. The molecule has 1 aromatic carbocycles. The van der Waals surface area contributed by atoms with Crippen LogP contribution in [-0.2, 0) is 4.79 Å². The number of aromatic nitrogens is 3. The molecule has 2 aromatic heterocycles. The zero-order valence-corrected chi connectivity index (χ0v) is 18.4. The monoisotopic (exact) mass is 438 g/mol. The zero-order chi connectivity index (χ0) is 21.7. The summed E-state index contributed by atoms with van der Waals surface area (Å²) in [6, 6.07) is 7.98. The number of pyridine rings is 1. The molecule has 0 radical (unpaired) electrons. The van der Waals surface area contributed by atoms with Gasteiger partial charge >= 0.3 is 0 Å². The molecular formula is C23H23ClN4O3. The van der Waals surface area contributed by atoms with E-state index in [0.29, 0.717) is 34.2 Å².